The summed E-state index contributed by atoms with van der Waals surface area (Å²) in [6.45, 7) is 1.64. The van der Waals surface area contributed by atoms with Gasteiger partial charge in [-0.25, -0.2) is 13.2 Å². The fraction of sp³-hybridized carbons (Fsp3) is 0.0588. The number of anilines is 1. The SMILES string of the molecule is Cc1cc(C(=O)O)ccc1NS(=O)(=O)c1cccc2cccnc12. The molecule has 0 aliphatic heterocycles. The van der Waals surface area contributed by atoms with Crippen molar-refractivity contribution in [1.29, 1.82) is 0 Å². The van der Waals surface area contributed by atoms with E-state index in [1.807, 2.05) is 0 Å². The third kappa shape index (κ3) is 2.93. The minimum atomic E-state index is -3.86. The number of pyridine rings is 1. The lowest BCUT2D eigenvalue weighted by molar-refractivity contribution is 0.0697. The largest absolute Gasteiger partial charge is 0.478 e. The molecule has 0 aliphatic carbocycles. The monoisotopic (exact) mass is 342 g/mol. The van der Waals surface area contributed by atoms with Gasteiger partial charge in [0.25, 0.3) is 10.0 Å². The smallest absolute Gasteiger partial charge is 0.335 e. The van der Waals surface area contributed by atoms with E-state index in [2.05, 4.69) is 9.71 Å². The molecule has 0 aliphatic rings. The van der Waals surface area contributed by atoms with Crippen molar-refractivity contribution in [3.63, 3.8) is 0 Å². The lowest BCUT2D eigenvalue weighted by Crippen LogP contribution is -2.15. The van der Waals surface area contributed by atoms with Crippen molar-refractivity contribution in [3.8, 4) is 0 Å². The molecule has 3 rings (SSSR count). The van der Waals surface area contributed by atoms with Gasteiger partial charge in [-0.3, -0.25) is 9.71 Å². The predicted molar refractivity (Wildman–Crippen MR) is 90.7 cm³/mol. The zero-order chi connectivity index (χ0) is 17.3. The second-order valence-corrected chi connectivity index (χ2v) is 6.92. The first-order chi connectivity index (χ1) is 11.4. The first-order valence-electron chi connectivity index (χ1n) is 7.09. The topological polar surface area (TPSA) is 96.4 Å². The van der Waals surface area contributed by atoms with E-state index in [1.165, 1.54) is 30.5 Å². The number of sulfonamides is 1. The maximum absolute atomic E-state index is 12.7. The highest BCUT2D eigenvalue weighted by Crippen LogP contribution is 2.25. The highest BCUT2D eigenvalue weighted by Gasteiger charge is 2.19. The lowest BCUT2D eigenvalue weighted by Gasteiger charge is -2.12. The second kappa shape index (κ2) is 5.93. The predicted octanol–water partition coefficient (Wildman–Crippen LogP) is 3.04. The van der Waals surface area contributed by atoms with Gasteiger partial charge in [0, 0.05) is 11.6 Å². The number of aryl methyl sites for hydroxylation is 1. The molecule has 2 N–H and O–H groups in total. The Morgan fingerprint density at radius 3 is 2.58 bits per heavy atom. The van der Waals surface area contributed by atoms with Gasteiger partial charge in [-0.2, -0.15) is 0 Å². The Hall–Kier alpha value is -2.93. The number of benzene rings is 2. The van der Waals surface area contributed by atoms with Crippen LogP contribution >= 0.6 is 0 Å². The Morgan fingerprint density at radius 1 is 1.12 bits per heavy atom. The Morgan fingerprint density at radius 2 is 1.88 bits per heavy atom. The first kappa shape index (κ1) is 15.9. The fourth-order valence-electron chi connectivity index (χ4n) is 2.40. The van der Waals surface area contributed by atoms with Crippen LogP contribution in [0.25, 0.3) is 10.9 Å². The second-order valence-electron chi connectivity index (χ2n) is 5.27. The average molecular weight is 342 g/mol. The number of rotatable bonds is 4. The van der Waals surface area contributed by atoms with Gasteiger partial charge in [0.15, 0.2) is 0 Å². The van der Waals surface area contributed by atoms with E-state index < -0.39 is 16.0 Å². The Balaban J connectivity index is 2.04. The van der Waals surface area contributed by atoms with Gasteiger partial charge in [0.05, 0.1) is 16.8 Å². The lowest BCUT2D eigenvalue weighted by atomic mass is 10.1. The van der Waals surface area contributed by atoms with Gasteiger partial charge in [-0.05, 0) is 42.8 Å². The number of aromatic carboxylic acids is 1. The molecule has 1 aromatic heterocycles. The summed E-state index contributed by atoms with van der Waals surface area (Å²) in [5.74, 6) is -1.06. The molecule has 0 spiro atoms. The minimum absolute atomic E-state index is 0.0716. The summed E-state index contributed by atoms with van der Waals surface area (Å²) in [7, 11) is -3.86. The molecule has 0 fully saturated rings. The van der Waals surface area contributed by atoms with E-state index in [9.17, 15) is 13.2 Å². The van der Waals surface area contributed by atoms with E-state index >= 15 is 0 Å². The number of fused-ring (bicyclic) bond motifs is 1. The highest BCUT2D eigenvalue weighted by molar-refractivity contribution is 7.93. The first-order valence-corrected chi connectivity index (χ1v) is 8.57. The van der Waals surface area contributed by atoms with E-state index in [1.54, 1.807) is 31.2 Å². The molecule has 7 heteroatoms. The summed E-state index contributed by atoms with van der Waals surface area (Å²) in [6, 6.07) is 12.7. The van der Waals surface area contributed by atoms with E-state index in [0.717, 1.165) is 5.39 Å². The van der Waals surface area contributed by atoms with E-state index in [0.29, 0.717) is 16.8 Å². The summed E-state index contributed by atoms with van der Waals surface area (Å²) in [4.78, 5) is 15.2. The van der Waals surface area contributed by atoms with Crippen molar-refractivity contribution in [2.75, 3.05) is 4.72 Å². The Bertz CT molecular complexity index is 1040. The summed E-state index contributed by atoms with van der Waals surface area (Å²) in [5, 5.41) is 9.70. The van der Waals surface area contributed by atoms with E-state index in [-0.39, 0.29) is 10.5 Å². The molecule has 2 aromatic carbocycles. The van der Waals surface area contributed by atoms with Crippen LogP contribution in [-0.4, -0.2) is 24.5 Å². The van der Waals surface area contributed by atoms with Crippen LogP contribution < -0.4 is 4.72 Å². The van der Waals surface area contributed by atoms with Crippen LogP contribution in [0.5, 0.6) is 0 Å². The minimum Gasteiger partial charge on any atom is -0.478 e. The normalized spacial score (nSPS) is 11.4. The van der Waals surface area contributed by atoms with Crippen LogP contribution in [-0.2, 0) is 10.0 Å². The number of aromatic nitrogens is 1. The molecule has 122 valence electrons. The van der Waals surface area contributed by atoms with E-state index in [4.69, 9.17) is 5.11 Å². The van der Waals surface area contributed by atoms with Crippen LogP contribution in [0.2, 0.25) is 0 Å². The number of nitrogens with zero attached hydrogens (tertiary/aromatic N) is 1. The van der Waals surface area contributed by atoms with Crippen molar-refractivity contribution in [2.45, 2.75) is 11.8 Å². The van der Waals surface area contributed by atoms with Gasteiger partial charge in [-0.15, -0.1) is 0 Å². The number of carboxylic acids is 1. The third-order valence-corrected chi connectivity index (χ3v) is 5.00. The van der Waals surface area contributed by atoms with Crippen LogP contribution in [0.1, 0.15) is 15.9 Å². The summed E-state index contributed by atoms with van der Waals surface area (Å²) in [6.07, 6.45) is 1.54. The molecule has 0 bridgehead atoms. The molecule has 1 heterocycles. The number of carbonyl (C=O) groups is 1. The Kier molecular flexibility index (Phi) is 3.94. The van der Waals surface area contributed by atoms with Crippen molar-refractivity contribution >= 4 is 32.6 Å². The molecule has 0 amide bonds. The zero-order valence-electron chi connectivity index (χ0n) is 12.7. The van der Waals surface area contributed by atoms with Crippen molar-refractivity contribution < 1.29 is 18.3 Å². The fourth-order valence-corrected chi connectivity index (χ4v) is 3.72. The number of nitrogens with one attached hydrogen (secondary N) is 1. The maximum atomic E-state index is 12.7. The van der Waals surface area contributed by atoms with Gasteiger partial charge >= 0.3 is 5.97 Å². The molecule has 6 nitrogen and oxygen atoms in total. The standard InChI is InChI=1S/C17H14N2O4S/c1-11-10-13(17(20)21)7-8-14(11)19-24(22,23)15-6-2-4-12-5-3-9-18-16(12)15/h2-10,19H,1H3,(H,20,21). The molecular formula is C17H14N2O4S. The number of carboxylic acid groups (broad SMARTS) is 1. The summed E-state index contributed by atoms with van der Waals surface area (Å²) in [5.41, 5.74) is 1.33. The number of hydrogen-bond donors (Lipinski definition) is 2. The van der Waals surface area contributed by atoms with Crippen LogP contribution in [0, 0.1) is 6.92 Å². The van der Waals surface area contributed by atoms with Gasteiger partial charge < -0.3 is 5.11 Å². The molecule has 0 radical (unpaired) electrons. The maximum Gasteiger partial charge on any atom is 0.335 e. The average Bonchev–Trinajstić information content (AvgIpc) is 2.56. The van der Waals surface area contributed by atoms with Crippen LogP contribution in [0.15, 0.2) is 59.6 Å². The van der Waals surface area contributed by atoms with Crippen molar-refractivity contribution in [3.05, 3.63) is 65.9 Å². The summed E-state index contributed by atoms with van der Waals surface area (Å²) >= 11 is 0. The third-order valence-electron chi connectivity index (χ3n) is 3.60. The van der Waals surface area contributed by atoms with Crippen molar-refractivity contribution in [2.24, 2.45) is 0 Å². The number of hydrogen-bond acceptors (Lipinski definition) is 4. The molecular weight excluding hydrogens is 328 g/mol. The molecule has 0 saturated heterocycles. The zero-order valence-corrected chi connectivity index (χ0v) is 13.5. The Labute approximate surface area is 138 Å². The van der Waals surface area contributed by atoms with Crippen molar-refractivity contribution in [1.82, 2.24) is 4.98 Å². The van der Waals surface area contributed by atoms with Gasteiger partial charge in [0.1, 0.15) is 4.90 Å². The highest BCUT2D eigenvalue weighted by atomic mass is 32.2. The molecule has 0 unspecified atom stereocenters. The molecule has 0 atom stereocenters. The van der Waals surface area contributed by atoms with Crippen LogP contribution in [0.3, 0.4) is 0 Å². The molecule has 0 saturated carbocycles. The van der Waals surface area contributed by atoms with Crippen LogP contribution in [0.4, 0.5) is 5.69 Å². The van der Waals surface area contributed by atoms with Gasteiger partial charge in [-0.1, -0.05) is 18.2 Å². The number of para-hydroxylation sites is 1. The quantitative estimate of drug-likeness (QED) is 0.759. The molecule has 3 aromatic rings. The van der Waals surface area contributed by atoms with Gasteiger partial charge in [0.2, 0.25) is 0 Å². The summed E-state index contributed by atoms with van der Waals surface area (Å²) < 4.78 is 27.9. The molecule has 24 heavy (non-hydrogen) atoms.